The van der Waals surface area contributed by atoms with Crippen LogP contribution in [-0.2, 0) is 21.0 Å². The smallest absolute Gasteiger partial charge is 0.416 e. The molecule has 2 aromatic carbocycles. The molecule has 10 heteroatoms. The quantitative estimate of drug-likeness (QED) is 0.677. The van der Waals surface area contributed by atoms with E-state index in [9.17, 15) is 26.4 Å². The van der Waals surface area contributed by atoms with Crippen molar-refractivity contribution in [3.8, 4) is 5.75 Å². The summed E-state index contributed by atoms with van der Waals surface area (Å²) in [6.07, 6.45) is -3.80. The van der Waals surface area contributed by atoms with Crippen LogP contribution >= 0.6 is 0 Å². The number of alkyl halides is 3. The summed E-state index contributed by atoms with van der Waals surface area (Å²) >= 11 is 0. The highest BCUT2D eigenvalue weighted by atomic mass is 32.2. The number of nitrogens with zero attached hydrogens (tertiary/aromatic N) is 1. The van der Waals surface area contributed by atoms with Crippen LogP contribution in [0.1, 0.15) is 30.9 Å². The van der Waals surface area contributed by atoms with E-state index in [-0.39, 0.29) is 29.6 Å². The number of piperidine rings is 1. The zero-order valence-electron chi connectivity index (χ0n) is 17.8. The van der Waals surface area contributed by atoms with Crippen LogP contribution in [0, 0.1) is 12.8 Å². The van der Waals surface area contributed by atoms with E-state index >= 15 is 0 Å². The van der Waals surface area contributed by atoms with Crippen LogP contribution in [0.3, 0.4) is 0 Å². The Labute approximate surface area is 185 Å². The van der Waals surface area contributed by atoms with Gasteiger partial charge in [0.2, 0.25) is 15.9 Å². The first-order valence-electron chi connectivity index (χ1n) is 10.2. The first-order chi connectivity index (χ1) is 15.0. The Morgan fingerprint density at radius 2 is 1.75 bits per heavy atom. The van der Waals surface area contributed by atoms with Crippen LogP contribution in [-0.4, -0.2) is 38.3 Å². The summed E-state index contributed by atoms with van der Waals surface area (Å²) in [7, 11) is -3.70. The average Bonchev–Trinajstić information content (AvgIpc) is 2.75. The minimum Gasteiger partial charge on any atom is -0.494 e. The molecule has 1 fully saturated rings. The van der Waals surface area contributed by atoms with Crippen LogP contribution in [0.5, 0.6) is 5.75 Å². The van der Waals surface area contributed by atoms with E-state index in [2.05, 4.69) is 5.32 Å². The van der Waals surface area contributed by atoms with Crippen molar-refractivity contribution in [2.45, 2.75) is 37.8 Å². The standard InChI is InChI=1S/C22H25F3N2O4S/c1-3-31-20-9-8-19(14-15(20)2)32(29,30)27-12-10-16(11-13-27)21(28)26-18-6-4-17(5-7-18)22(23,24)25/h4-9,14,16H,3,10-13H2,1-2H3,(H,26,28). The number of benzene rings is 2. The lowest BCUT2D eigenvalue weighted by Gasteiger charge is -2.30. The summed E-state index contributed by atoms with van der Waals surface area (Å²) in [5.41, 5.74) is 0.195. The molecule has 2 aromatic rings. The molecule has 1 aliphatic heterocycles. The largest absolute Gasteiger partial charge is 0.494 e. The highest BCUT2D eigenvalue weighted by Gasteiger charge is 2.33. The summed E-state index contributed by atoms with van der Waals surface area (Å²) in [5, 5.41) is 2.61. The molecule has 0 radical (unpaired) electrons. The Morgan fingerprint density at radius 3 is 2.28 bits per heavy atom. The highest BCUT2D eigenvalue weighted by Crippen LogP contribution is 2.31. The molecule has 0 atom stereocenters. The number of sulfonamides is 1. The third kappa shape index (κ3) is 5.42. The van der Waals surface area contributed by atoms with Gasteiger partial charge in [-0.25, -0.2) is 8.42 Å². The second kappa shape index (κ2) is 9.50. The van der Waals surface area contributed by atoms with E-state index in [1.165, 1.54) is 22.5 Å². The lowest BCUT2D eigenvalue weighted by Crippen LogP contribution is -2.41. The number of nitrogens with one attached hydrogen (secondary N) is 1. The van der Waals surface area contributed by atoms with Gasteiger partial charge in [0.1, 0.15) is 5.75 Å². The number of amides is 1. The van der Waals surface area contributed by atoms with Gasteiger partial charge in [-0.3, -0.25) is 4.79 Å². The first-order valence-corrected chi connectivity index (χ1v) is 11.7. The van der Waals surface area contributed by atoms with Gasteiger partial charge in [-0.2, -0.15) is 17.5 Å². The Hall–Kier alpha value is -2.59. The molecule has 0 aliphatic carbocycles. The van der Waals surface area contributed by atoms with E-state index < -0.39 is 27.7 Å². The van der Waals surface area contributed by atoms with Gasteiger partial charge in [-0.1, -0.05) is 0 Å². The van der Waals surface area contributed by atoms with Gasteiger partial charge in [-0.15, -0.1) is 0 Å². The zero-order valence-corrected chi connectivity index (χ0v) is 18.6. The molecule has 6 nitrogen and oxygen atoms in total. The molecule has 1 amide bonds. The van der Waals surface area contributed by atoms with E-state index in [1.54, 1.807) is 19.1 Å². The lowest BCUT2D eigenvalue weighted by molar-refractivity contribution is -0.137. The summed E-state index contributed by atoms with van der Waals surface area (Å²) < 4.78 is 70.7. The van der Waals surface area contributed by atoms with Gasteiger partial charge in [-0.05, 0) is 74.7 Å². The van der Waals surface area contributed by atoms with Crippen LogP contribution in [0.25, 0.3) is 0 Å². The molecule has 1 heterocycles. The first kappa shape index (κ1) is 24.1. The summed E-state index contributed by atoms with van der Waals surface area (Å²) in [6.45, 7) is 4.47. The molecular weight excluding hydrogens is 445 g/mol. The molecule has 0 aromatic heterocycles. The number of aryl methyl sites for hydroxylation is 1. The number of carbonyl (C=O) groups is 1. The van der Waals surface area contributed by atoms with E-state index in [4.69, 9.17) is 4.74 Å². The van der Waals surface area contributed by atoms with Crippen LogP contribution in [0.15, 0.2) is 47.4 Å². The molecule has 1 saturated heterocycles. The number of halogens is 3. The van der Waals surface area contributed by atoms with Gasteiger partial charge in [0.15, 0.2) is 0 Å². The van der Waals surface area contributed by atoms with Crippen LogP contribution in [0.2, 0.25) is 0 Å². The monoisotopic (exact) mass is 470 g/mol. The molecule has 0 spiro atoms. The molecule has 1 aliphatic rings. The van der Waals surface area contributed by atoms with Gasteiger partial charge in [0.05, 0.1) is 17.1 Å². The van der Waals surface area contributed by atoms with Crippen molar-refractivity contribution in [2.24, 2.45) is 5.92 Å². The summed E-state index contributed by atoms with van der Waals surface area (Å²) in [4.78, 5) is 12.7. The van der Waals surface area contributed by atoms with Crippen molar-refractivity contribution in [1.82, 2.24) is 4.31 Å². The lowest BCUT2D eigenvalue weighted by atomic mass is 9.97. The fourth-order valence-corrected chi connectivity index (χ4v) is 5.15. The molecule has 0 bridgehead atoms. The number of anilines is 1. The topological polar surface area (TPSA) is 75.7 Å². The molecule has 174 valence electrons. The number of hydrogen-bond donors (Lipinski definition) is 1. The number of ether oxygens (including phenoxy) is 1. The van der Waals surface area contributed by atoms with Gasteiger partial charge in [0, 0.05) is 24.7 Å². The third-order valence-electron chi connectivity index (χ3n) is 5.39. The van der Waals surface area contributed by atoms with Crippen molar-refractivity contribution in [1.29, 1.82) is 0 Å². The zero-order chi connectivity index (χ0) is 23.5. The normalized spacial score (nSPS) is 16.0. The predicted octanol–water partition coefficient (Wildman–Crippen LogP) is 4.45. The second-order valence-corrected chi connectivity index (χ2v) is 9.54. The Bertz CT molecular complexity index is 1060. The van der Waals surface area contributed by atoms with Gasteiger partial charge in [0.25, 0.3) is 0 Å². The minimum atomic E-state index is -4.44. The highest BCUT2D eigenvalue weighted by molar-refractivity contribution is 7.89. The van der Waals surface area contributed by atoms with Gasteiger partial charge >= 0.3 is 6.18 Å². The number of hydrogen-bond acceptors (Lipinski definition) is 4. The van der Waals surface area contributed by atoms with Crippen LogP contribution in [0.4, 0.5) is 18.9 Å². The van der Waals surface area contributed by atoms with Gasteiger partial charge < -0.3 is 10.1 Å². The van der Waals surface area contributed by atoms with Crippen molar-refractivity contribution < 1.29 is 31.1 Å². The second-order valence-electron chi connectivity index (χ2n) is 7.60. The molecular formula is C22H25F3N2O4S. The van der Waals surface area contributed by atoms with Crippen molar-refractivity contribution in [3.63, 3.8) is 0 Å². The van der Waals surface area contributed by atoms with Crippen LogP contribution < -0.4 is 10.1 Å². The maximum absolute atomic E-state index is 13.0. The summed E-state index contributed by atoms with van der Waals surface area (Å²) in [5.74, 6) is -0.130. The fraction of sp³-hybridized carbons (Fsp3) is 0.409. The molecule has 0 saturated carbocycles. The molecule has 3 rings (SSSR count). The average molecular weight is 471 g/mol. The predicted molar refractivity (Wildman–Crippen MR) is 114 cm³/mol. The van der Waals surface area contributed by atoms with E-state index in [1.807, 2.05) is 6.92 Å². The molecule has 0 unspecified atom stereocenters. The summed E-state index contributed by atoms with van der Waals surface area (Å²) in [6, 6.07) is 8.94. The Kier molecular flexibility index (Phi) is 7.14. The SMILES string of the molecule is CCOc1ccc(S(=O)(=O)N2CCC(C(=O)Nc3ccc(C(F)(F)F)cc3)CC2)cc1C. The molecule has 32 heavy (non-hydrogen) atoms. The van der Waals surface area contributed by atoms with Crippen molar-refractivity contribution in [3.05, 3.63) is 53.6 Å². The number of carbonyl (C=O) groups excluding carboxylic acids is 1. The maximum atomic E-state index is 13.0. The minimum absolute atomic E-state index is 0.172. The molecule has 1 N–H and O–H groups in total. The Balaban J connectivity index is 1.60. The maximum Gasteiger partial charge on any atom is 0.416 e. The van der Waals surface area contributed by atoms with Crippen molar-refractivity contribution >= 4 is 21.6 Å². The Morgan fingerprint density at radius 1 is 1.12 bits per heavy atom. The third-order valence-corrected chi connectivity index (χ3v) is 7.28. The van der Waals surface area contributed by atoms with E-state index in [0.29, 0.717) is 25.2 Å². The van der Waals surface area contributed by atoms with Crippen molar-refractivity contribution in [2.75, 3.05) is 25.0 Å². The van der Waals surface area contributed by atoms with E-state index in [0.717, 1.165) is 17.7 Å². The number of rotatable bonds is 6. The fourth-order valence-electron chi connectivity index (χ4n) is 3.59.